The van der Waals surface area contributed by atoms with E-state index < -0.39 is 21.3 Å². The van der Waals surface area contributed by atoms with Crippen molar-refractivity contribution in [3.63, 3.8) is 0 Å². The molecule has 2 heterocycles. The topological polar surface area (TPSA) is 84.6 Å². The Hall–Kier alpha value is -2.75. The smallest absolute Gasteiger partial charge is 0.296 e. The standard InChI is InChI=1S/C21H24N4O4S/c1-22-19-9-8-17(14-18(19)20(26)23(2)21(22)27)30(28,29)25-12-10-24(11-13-25)15-16-6-4-3-5-7-16/h3-9,14H,10-13,15H2,1-2H3. The number of hydrogen-bond donors (Lipinski definition) is 0. The molecule has 4 rings (SSSR count). The number of piperazine rings is 1. The lowest BCUT2D eigenvalue weighted by Crippen LogP contribution is -2.48. The van der Waals surface area contributed by atoms with Crippen LogP contribution in [0.2, 0.25) is 0 Å². The number of hydrogen-bond acceptors (Lipinski definition) is 5. The Labute approximate surface area is 174 Å². The molecule has 0 saturated carbocycles. The van der Waals surface area contributed by atoms with Gasteiger partial charge in [-0.2, -0.15) is 4.31 Å². The SMILES string of the molecule is Cn1c(=O)c2cc(S(=O)(=O)N3CCN(Cc4ccccc4)CC3)ccc2n(C)c1=O. The van der Waals surface area contributed by atoms with Crippen molar-refractivity contribution in [1.29, 1.82) is 0 Å². The summed E-state index contributed by atoms with van der Waals surface area (Å²) < 4.78 is 30.1. The minimum atomic E-state index is -3.73. The van der Waals surface area contributed by atoms with E-state index in [1.165, 1.54) is 39.7 Å². The lowest BCUT2D eigenvalue weighted by molar-refractivity contribution is 0.181. The van der Waals surface area contributed by atoms with Gasteiger partial charge >= 0.3 is 5.69 Å². The molecule has 2 aromatic carbocycles. The zero-order valence-electron chi connectivity index (χ0n) is 17.0. The van der Waals surface area contributed by atoms with Gasteiger partial charge in [0.15, 0.2) is 0 Å². The highest BCUT2D eigenvalue weighted by atomic mass is 32.2. The van der Waals surface area contributed by atoms with Gasteiger partial charge in [0.25, 0.3) is 5.56 Å². The van der Waals surface area contributed by atoms with Crippen LogP contribution in [-0.2, 0) is 30.7 Å². The maximum Gasteiger partial charge on any atom is 0.330 e. The van der Waals surface area contributed by atoms with Crippen molar-refractivity contribution >= 4 is 20.9 Å². The Bertz CT molecular complexity index is 1300. The minimum absolute atomic E-state index is 0.0715. The van der Waals surface area contributed by atoms with Gasteiger partial charge in [-0.15, -0.1) is 0 Å². The van der Waals surface area contributed by atoms with Crippen LogP contribution in [-0.4, -0.2) is 52.9 Å². The van der Waals surface area contributed by atoms with Crippen LogP contribution in [0.1, 0.15) is 5.56 Å². The summed E-state index contributed by atoms with van der Waals surface area (Å²) in [4.78, 5) is 26.9. The van der Waals surface area contributed by atoms with Crippen molar-refractivity contribution in [3.8, 4) is 0 Å². The largest absolute Gasteiger partial charge is 0.330 e. The van der Waals surface area contributed by atoms with Gasteiger partial charge in [0.1, 0.15) is 0 Å². The summed E-state index contributed by atoms with van der Waals surface area (Å²) in [6.07, 6.45) is 0. The van der Waals surface area contributed by atoms with Crippen LogP contribution >= 0.6 is 0 Å². The van der Waals surface area contributed by atoms with Gasteiger partial charge in [0.05, 0.1) is 15.8 Å². The maximum atomic E-state index is 13.2. The summed E-state index contributed by atoms with van der Waals surface area (Å²) in [5.41, 5.74) is 0.662. The number of benzene rings is 2. The van der Waals surface area contributed by atoms with Gasteiger partial charge in [-0.05, 0) is 23.8 Å². The van der Waals surface area contributed by atoms with Gasteiger partial charge in [0.2, 0.25) is 10.0 Å². The van der Waals surface area contributed by atoms with Crippen molar-refractivity contribution in [1.82, 2.24) is 18.3 Å². The molecule has 0 N–H and O–H groups in total. The Morgan fingerprint density at radius 1 is 0.867 bits per heavy atom. The lowest BCUT2D eigenvalue weighted by atomic mass is 10.2. The van der Waals surface area contributed by atoms with Crippen molar-refractivity contribution in [3.05, 3.63) is 74.9 Å². The van der Waals surface area contributed by atoms with Gasteiger partial charge in [0, 0.05) is 46.8 Å². The van der Waals surface area contributed by atoms with Crippen LogP contribution in [0, 0.1) is 0 Å². The maximum absolute atomic E-state index is 13.2. The Balaban J connectivity index is 1.58. The zero-order valence-corrected chi connectivity index (χ0v) is 17.8. The molecule has 0 amide bonds. The molecule has 1 saturated heterocycles. The number of aromatic nitrogens is 2. The second-order valence-electron chi connectivity index (χ2n) is 7.55. The van der Waals surface area contributed by atoms with Crippen LogP contribution < -0.4 is 11.2 Å². The molecule has 1 aliphatic rings. The third kappa shape index (κ3) is 3.60. The minimum Gasteiger partial charge on any atom is -0.296 e. The number of sulfonamides is 1. The van der Waals surface area contributed by atoms with E-state index in [-0.39, 0.29) is 10.3 Å². The van der Waals surface area contributed by atoms with Gasteiger partial charge in [-0.25, -0.2) is 13.2 Å². The first-order valence-corrected chi connectivity index (χ1v) is 11.2. The predicted octanol–water partition coefficient (Wildman–Crippen LogP) is 0.744. The average molecular weight is 429 g/mol. The molecule has 9 heteroatoms. The van der Waals surface area contributed by atoms with Crippen LogP contribution in [0.3, 0.4) is 0 Å². The second-order valence-corrected chi connectivity index (χ2v) is 9.49. The first-order chi connectivity index (χ1) is 14.3. The molecule has 30 heavy (non-hydrogen) atoms. The van der Waals surface area contributed by atoms with E-state index in [0.29, 0.717) is 31.7 Å². The van der Waals surface area contributed by atoms with E-state index in [4.69, 9.17) is 0 Å². The van der Waals surface area contributed by atoms with Gasteiger partial charge < -0.3 is 0 Å². The molecule has 0 atom stereocenters. The summed E-state index contributed by atoms with van der Waals surface area (Å²) >= 11 is 0. The highest BCUT2D eigenvalue weighted by Crippen LogP contribution is 2.21. The van der Waals surface area contributed by atoms with Crippen LogP contribution in [0.5, 0.6) is 0 Å². The number of fused-ring (bicyclic) bond motifs is 1. The molecular formula is C21H24N4O4S. The molecule has 1 aliphatic heterocycles. The van der Waals surface area contributed by atoms with Crippen molar-refractivity contribution in [2.75, 3.05) is 26.2 Å². The molecule has 3 aromatic rings. The molecular weight excluding hydrogens is 404 g/mol. The van der Waals surface area contributed by atoms with Crippen molar-refractivity contribution in [2.45, 2.75) is 11.4 Å². The monoisotopic (exact) mass is 428 g/mol. The van der Waals surface area contributed by atoms with Crippen molar-refractivity contribution in [2.24, 2.45) is 14.1 Å². The van der Waals surface area contributed by atoms with E-state index in [1.807, 2.05) is 18.2 Å². The highest BCUT2D eigenvalue weighted by molar-refractivity contribution is 7.89. The Morgan fingerprint density at radius 2 is 1.53 bits per heavy atom. The fourth-order valence-electron chi connectivity index (χ4n) is 3.85. The second kappa shape index (κ2) is 7.82. The summed E-state index contributed by atoms with van der Waals surface area (Å²) in [5.74, 6) is 0. The molecule has 0 radical (unpaired) electrons. The van der Waals surface area contributed by atoms with E-state index in [0.717, 1.165) is 11.1 Å². The summed E-state index contributed by atoms with van der Waals surface area (Å²) in [5, 5.41) is 0.211. The Kier molecular flexibility index (Phi) is 5.35. The average Bonchev–Trinajstić information content (AvgIpc) is 2.77. The third-order valence-corrected chi connectivity index (χ3v) is 7.55. The van der Waals surface area contributed by atoms with Crippen LogP contribution in [0.25, 0.3) is 10.9 Å². The fourth-order valence-corrected chi connectivity index (χ4v) is 5.30. The van der Waals surface area contributed by atoms with Crippen LogP contribution in [0.15, 0.2) is 63.0 Å². The third-order valence-electron chi connectivity index (χ3n) is 5.66. The number of aryl methyl sites for hydroxylation is 1. The zero-order chi connectivity index (χ0) is 21.5. The number of nitrogens with zero attached hydrogens (tertiary/aromatic N) is 4. The highest BCUT2D eigenvalue weighted by Gasteiger charge is 2.29. The quantitative estimate of drug-likeness (QED) is 0.612. The first-order valence-electron chi connectivity index (χ1n) is 9.75. The molecule has 1 fully saturated rings. The van der Waals surface area contributed by atoms with Gasteiger partial charge in [-0.3, -0.25) is 18.8 Å². The van der Waals surface area contributed by atoms with E-state index in [2.05, 4.69) is 17.0 Å². The lowest BCUT2D eigenvalue weighted by Gasteiger charge is -2.34. The summed E-state index contributed by atoms with van der Waals surface area (Å²) in [7, 11) is -0.785. The van der Waals surface area contributed by atoms with E-state index in [9.17, 15) is 18.0 Å². The predicted molar refractivity (Wildman–Crippen MR) is 115 cm³/mol. The number of rotatable bonds is 4. The fraction of sp³-hybridized carbons (Fsp3) is 0.333. The molecule has 0 unspecified atom stereocenters. The van der Waals surface area contributed by atoms with E-state index in [1.54, 1.807) is 7.05 Å². The Morgan fingerprint density at radius 3 is 2.20 bits per heavy atom. The molecule has 1 aromatic heterocycles. The molecule has 0 aliphatic carbocycles. The van der Waals surface area contributed by atoms with E-state index >= 15 is 0 Å². The molecule has 8 nitrogen and oxygen atoms in total. The first kappa shape index (κ1) is 20.5. The van der Waals surface area contributed by atoms with Gasteiger partial charge in [-0.1, -0.05) is 30.3 Å². The summed E-state index contributed by atoms with van der Waals surface area (Å²) in [6, 6.07) is 14.5. The molecule has 0 bridgehead atoms. The molecule has 158 valence electrons. The normalized spacial score (nSPS) is 16.2. The molecule has 0 spiro atoms. The summed E-state index contributed by atoms with van der Waals surface area (Å²) in [6.45, 7) is 2.84. The van der Waals surface area contributed by atoms with Crippen molar-refractivity contribution < 1.29 is 8.42 Å². The van der Waals surface area contributed by atoms with Crippen LogP contribution in [0.4, 0.5) is 0 Å².